The van der Waals surface area contributed by atoms with Crippen molar-refractivity contribution in [2.45, 2.75) is 38.1 Å². The van der Waals surface area contributed by atoms with Crippen LogP contribution >= 0.6 is 0 Å². The molecule has 150 valence electrons. The van der Waals surface area contributed by atoms with E-state index in [-0.39, 0.29) is 5.75 Å². The Morgan fingerprint density at radius 2 is 1.93 bits per heavy atom. The third kappa shape index (κ3) is 3.41. The van der Waals surface area contributed by atoms with Gasteiger partial charge in [-0.05, 0) is 37.0 Å². The minimum Gasteiger partial charge on any atom is -0.507 e. The lowest BCUT2D eigenvalue weighted by molar-refractivity contribution is 0.321. The first-order valence-corrected chi connectivity index (χ1v) is 10.3. The van der Waals surface area contributed by atoms with Crippen LogP contribution in [0.15, 0.2) is 36.7 Å². The number of nitrogens with zero attached hydrogens (tertiary/aromatic N) is 5. The minimum atomic E-state index is 0.168. The summed E-state index contributed by atoms with van der Waals surface area (Å²) >= 11 is 0. The van der Waals surface area contributed by atoms with E-state index in [1.807, 2.05) is 31.4 Å². The number of aryl methyl sites for hydroxylation is 1. The molecule has 1 aromatic carbocycles. The zero-order valence-electron chi connectivity index (χ0n) is 16.6. The Labute approximate surface area is 170 Å². The number of phenolic OH excluding ortho intramolecular Hbond substituents is 1. The molecular weight excluding hydrogens is 366 g/mol. The molecule has 1 aliphatic carbocycles. The first kappa shape index (κ1) is 18.0. The lowest BCUT2D eigenvalue weighted by atomic mass is 10.0. The Morgan fingerprint density at radius 3 is 2.69 bits per heavy atom. The second-order valence-corrected chi connectivity index (χ2v) is 7.89. The average molecular weight is 391 g/mol. The number of aromatic hydroxyl groups is 1. The third-order valence-corrected chi connectivity index (χ3v) is 5.89. The molecule has 3 heterocycles. The van der Waals surface area contributed by atoms with E-state index in [0.29, 0.717) is 23.9 Å². The number of rotatable bonds is 3. The molecule has 7 heteroatoms. The van der Waals surface area contributed by atoms with E-state index in [1.54, 1.807) is 16.9 Å². The molecule has 0 unspecified atom stereocenters. The van der Waals surface area contributed by atoms with Crippen molar-refractivity contribution in [3.8, 4) is 33.9 Å². The Bertz CT molecular complexity index is 1030. The second kappa shape index (κ2) is 7.39. The number of anilines is 1. The third-order valence-electron chi connectivity index (χ3n) is 5.89. The predicted molar refractivity (Wildman–Crippen MR) is 111 cm³/mol. The first-order valence-electron chi connectivity index (χ1n) is 10.3. The molecule has 29 heavy (non-hydrogen) atoms. The normalized spacial score (nSPS) is 17.1. The summed E-state index contributed by atoms with van der Waals surface area (Å²) in [6, 6.07) is 8.02. The summed E-state index contributed by atoms with van der Waals surface area (Å²) in [5.41, 5.74) is 3.13. The molecule has 7 nitrogen and oxygen atoms in total. The summed E-state index contributed by atoms with van der Waals surface area (Å²) in [4.78, 5) is 2.37. The highest BCUT2D eigenvalue weighted by atomic mass is 16.5. The van der Waals surface area contributed by atoms with Gasteiger partial charge < -0.3 is 14.7 Å². The smallest absolute Gasteiger partial charge is 0.194 e. The highest BCUT2D eigenvalue weighted by Crippen LogP contribution is 2.38. The van der Waals surface area contributed by atoms with Crippen molar-refractivity contribution in [1.82, 2.24) is 20.0 Å². The Morgan fingerprint density at radius 1 is 1.07 bits per heavy atom. The van der Waals surface area contributed by atoms with E-state index in [1.165, 1.54) is 25.7 Å². The van der Waals surface area contributed by atoms with Crippen molar-refractivity contribution >= 4 is 5.82 Å². The van der Waals surface area contributed by atoms with Crippen molar-refractivity contribution in [1.29, 1.82) is 0 Å². The molecule has 0 radical (unpaired) electrons. The molecule has 2 aromatic heterocycles. The van der Waals surface area contributed by atoms with Gasteiger partial charge in [-0.3, -0.25) is 4.68 Å². The van der Waals surface area contributed by atoms with E-state index in [2.05, 4.69) is 20.2 Å². The van der Waals surface area contributed by atoms with Crippen LogP contribution in [0, 0.1) is 0 Å². The molecule has 1 saturated carbocycles. The van der Waals surface area contributed by atoms with Gasteiger partial charge in [-0.1, -0.05) is 18.9 Å². The van der Waals surface area contributed by atoms with Crippen LogP contribution in [-0.2, 0) is 7.05 Å². The Kier molecular flexibility index (Phi) is 4.58. The van der Waals surface area contributed by atoms with E-state index in [9.17, 15) is 5.11 Å². The summed E-state index contributed by atoms with van der Waals surface area (Å²) in [5, 5.41) is 23.8. The average Bonchev–Trinajstić information content (AvgIpc) is 3.36. The van der Waals surface area contributed by atoms with Crippen molar-refractivity contribution in [3.63, 3.8) is 0 Å². The van der Waals surface area contributed by atoms with Crippen molar-refractivity contribution in [2.75, 3.05) is 18.1 Å². The fourth-order valence-electron chi connectivity index (χ4n) is 4.40. The standard InChI is InChI=1S/C22H25N5O2/c1-26-14-16(13-23-26)15-7-8-18(20(28)11-15)19-12-21-22(25-24-19)27(9-4-10-29-21)17-5-2-3-6-17/h7-8,11-14,17,28H,2-6,9-10H2,1H3. The molecule has 1 aliphatic heterocycles. The lowest BCUT2D eigenvalue weighted by Gasteiger charge is -2.28. The van der Waals surface area contributed by atoms with Gasteiger partial charge in [0.15, 0.2) is 11.6 Å². The molecule has 0 bridgehead atoms. The van der Waals surface area contributed by atoms with E-state index in [0.717, 1.165) is 35.7 Å². The van der Waals surface area contributed by atoms with Crippen LogP contribution in [0.5, 0.6) is 11.5 Å². The van der Waals surface area contributed by atoms with Crippen LogP contribution in [0.1, 0.15) is 32.1 Å². The fourth-order valence-corrected chi connectivity index (χ4v) is 4.40. The van der Waals surface area contributed by atoms with Crippen LogP contribution in [0.3, 0.4) is 0 Å². The number of phenols is 1. The Balaban J connectivity index is 1.48. The zero-order valence-corrected chi connectivity index (χ0v) is 16.6. The molecule has 0 atom stereocenters. The van der Waals surface area contributed by atoms with Gasteiger partial charge in [-0.2, -0.15) is 5.10 Å². The van der Waals surface area contributed by atoms with E-state index < -0.39 is 0 Å². The van der Waals surface area contributed by atoms with Gasteiger partial charge in [0.2, 0.25) is 0 Å². The quantitative estimate of drug-likeness (QED) is 0.732. The maximum Gasteiger partial charge on any atom is 0.194 e. The molecule has 2 aliphatic rings. The maximum atomic E-state index is 10.7. The van der Waals surface area contributed by atoms with E-state index >= 15 is 0 Å². The van der Waals surface area contributed by atoms with Crippen LogP contribution in [0.2, 0.25) is 0 Å². The topological polar surface area (TPSA) is 76.3 Å². The monoisotopic (exact) mass is 391 g/mol. The van der Waals surface area contributed by atoms with Gasteiger partial charge in [0.25, 0.3) is 0 Å². The largest absolute Gasteiger partial charge is 0.507 e. The van der Waals surface area contributed by atoms with Crippen LogP contribution in [-0.4, -0.2) is 44.3 Å². The summed E-state index contributed by atoms with van der Waals surface area (Å²) in [6.45, 7) is 1.63. The summed E-state index contributed by atoms with van der Waals surface area (Å²) in [6.07, 6.45) is 9.65. The number of aromatic nitrogens is 4. The van der Waals surface area contributed by atoms with Gasteiger partial charge in [-0.25, -0.2) is 0 Å². The summed E-state index contributed by atoms with van der Waals surface area (Å²) < 4.78 is 7.74. The molecule has 1 N–H and O–H groups in total. The number of fused-ring (bicyclic) bond motifs is 1. The number of benzene rings is 1. The SMILES string of the molecule is Cn1cc(-c2ccc(-c3cc4c(nn3)N(C3CCCC3)CCCO4)c(O)c2)cn1. The highest BCUT2D eigenvalue weighted by molar-refractivity contribution is 5.75. The number of hydrogen-bond acceptors (Lipinski definition) is 6. The van der Waals surface area contributed by atoms with Gasteiger partial charge >= 0.3 is 0 Å². The van der Waals surface area contributed by atoms with Crippen LogP contribution in [0.4, 0.5) is 5.82 Å². The molecule has 3 aromatic rings. The predicted octanol–water partition coefficient (Wildman–Crippen LogP) is 3.78. The summed E-state index contributed by atoms with van der Waals surface area (Å²) in [5.74, 6) is 1.77. The second-order valence-electron chi connectivity index (χ2n) is 7.89. The van der Waals surface area contributed by atoms with Gasteiger partial charge in [0.05, 0.1) is 12.8 Å². The molecule has 0 saturated heterocycles. The van der Waals surface area contributed by atoms with Crippen molar-refractivity contribution in [3.05, 3.63) is 36.7 Å². The highest BCUT2D eigenvalue weighted by Gasteiger charge is 2.28. The maximum absolute atomic E-state index is 10.7. The fraction of sp³-hybridized carbons (Fsp3) is 0.409. The minimum absolute atomic E-state index is 0.168. The summed E-state index contributed by atoms with van der Waals surface area (Å²) in [7, 11) is 1.87. The zero-order chi connectivity index (χ0) is 19.8. The molecule has 0 spiro atoms. The molecule has 0 amide bonds. The van der Waals surface area contributed by atoms with Gasteiger partial charge in [-0.15, -0.1) is 10.2 Å². The molecular formula is C22H25N5O2. The first-order chi connectivity index (χ1) is 14.2. The van der Waals surface area contributed by atoms with Gasteiger partial charge in [0, 0.05) is 43.0 Å². The van der Waals surface area contributed by atoms with Crippen LogP contribution < -0.4 is 9.64 Å². The number of ether oxygens (including phenoxy) is 1. The lowest BCUT2D eigenvalue weighted by Crippen LogP contribution is -2.34. The Hall–Kier alpha value is -3.09. The number of hydrogen-bond donors (Lipinski definition) is 1. The van der Waals surface area contributed by atoms with Gasteiger partial charge in [0.1, 0.15) is 11.4 Å². The van der Waals surface area contributed by atoms with Crippen molar-refractivity contribution < 1.29 is 9.84 Å². The van der Waals surface area contributed by atoms with Crippen LogP contribution in [0.25, 0.3) is 22.4 Å². The molecule has 1 fully saturated rings. The molecule has 5 rings (SSSR count). The van der Waals surface area contributed by atoms with E-state index in [4.69, 9.17) is 4.74 Å². The van der Waals surface area contributed by atoms with Crippen molar-refractivity contribution in [2.24, 2.45) is 7.05 Å².